The Morgan fingerprint density at radius 3 is 2.27 bits per heavy atom. The normalized spacial score (nSPS) is 29.6. The Bertz CT molecular complexity index is 1310. The molecule has 0 bridgehead atoms. The molecular formula is C30H42N4O7. The second-order valence-corrected chi connectivity index (χ2v) is 12.7. The molecule has 41 heavy (non-hydrogen) atoms. The van der Waals surface area contributed by atoms with Crippen molar-refractivity contribution < 1.29 is 34.2 Å². The second kappa shape index (κ2) is 10.9. The summed E-state index contributed by atoms with van der Waals surface area (Å²) in [6, 6.07) is 0.439. The summed E-state index contributed by atoms with van der Waals surface area (Å²) in [4.78, 5) is 72.5. The van der Waals surface area contributed by atoms with E-state index in [4.69, 9.17) is 5.73 Å². The number of Topliss-reactive ketones (excluding diaryl/α,β-unsaturated/α-hetero) is 4. The van der Waals surface area contributed by atoms with E-state index in [0.717, 1.165) is 24.3 Å². The van der Waals surface area contributed by atoms with Gasteiger partial charge in [-0.15, -0.1) is 0 Å². The van der Waals surface area contributed by atoms with Crippen molar-refractivity contribution in [2.45, 2.75) is 51.8 Å². The molecule has 3 aliphatic rings. The van der Waals surface area contributed by atoms with E-state index in [1.807, 2.05) is 19.0 Å². The molecule has 2 saturated carbocycles. The summed E-state index contributed by atoms with van der Waals surface area (Å²) in [5, 5.41) is 22.9. The average Bonchev–Trinajstić information content (AvgIpc) is 2.84. The average molecular weight is 571 g/mol. The van der Waals surface area contributed by atoms with Crippen LogP contribution in [0, 0.1) is 29.6 Å². The van der Waals surface area contributed by atoms with Crippen LogP contribution in [0.2, 0.25) is 0 Å². The van der Waals surface area contributed by atoms with Crippen LogP contribution in [0.5, 0.6) is 5.75 Å². The highest BCUT2D eigenvalue weighted by atomic mass is 16.3. The van der Waals surface area contributed by atoms with E-state index < -0.39 is 64.4 Å². The molecule has 11 nitrogen and oxygen atoms in total. The molecule has 0 heterocycles. The van der Waals surface area contributed by atoms with Crippen LogP contribution < -0.4 is 10.6 Å². The summed E-state index contributed by atoms with van der Waals surface area (Å²) in [6.45, 7) is 8.52. The van der Waals surface area contributed by atoms with Gasteiger partial charge in [0.25, 0.3) is 0 Å². The van der Waals surface area contributed by atoms with Crippen LogP contribution in [0.4, 0.5) is 5.69 Å². The number of fused-ring (bicyclic) bond motifs is 3. The summed E-state index contributed by atoms with van der Waals surface area (Å²) in [6.07, 6.45) is 0.257. The number of likely N-dealkylation sites (N-methyl/N-ethyl adjacent to an activating group) is 1. The fraction of sp³-hybridized carbons (Fsp3) is 0.633. The van der Waals surface area contributed by atoms with Crippen molar-refractivity contribution in [1.82, 2.24) is 9.80 Å². The highest BCUT2D eigenvalue weighted by Crippen LogP contribution is 2.52. The molecule has 11 heteroatoms. The Hall–Kier alpha value is -3.15. The van der Waals surface area contributed by atoms with Crippen molar-refractivity contribution in [3.05, 3.63) is 22.8 Å². The first-order valence-electron chi connectivity index (χ1n) is 14.2. The largest absolute Gasteiger partial charge is 0.507 e. The molecule has 0 radical (unpaired) electrons. The molecule has 1 aromatic carbocycles. The van der Waals surface area contributed by atoms with E-state index in [2.05, 4.69) is 25.7 Å². The Kier molecular flexibility index (Phi) is 8.20. The first kappa shape index (κ1) is 30.8. The Morgan fingerprint density at radius 2 is 1.76 bits per heavy atom. The van der Waals surface area contributed by atoms with E-state index in [1.165, 1.54) is 4.90 Å². The van der Waals surface area contributed by atoms with Gasteiger partial charge in [-0.1, -0.05) is 20.8 Å². The number of amides is 1. The lowest BCUT2D eigenvalue weighted by Crippen LogP contribution is -2.74. The van der Waals surface area contributed by atoms with E-state index >= 15 is 0 Å². The fourth-order valence-electron chi connectivity index (χ4n) is 7.47. The van der Waals surface area contributed by atoms with Crippen molar-refractivity contribution in [1.29, 1.82) is 0 Å². The van der Waals surface area contributed by atoms with Crippen LogP contribution in [0.25, 0.3) is 0 Å². The topological polar surface area (TPSA) is 162 Å². The molecule has 3 aliphatic carbocycles. The van der Waals surface area contributed by atoms with Crippen molar-refractivity contribution in [2.75, 3.05) is 46.2 Å². The molecule has 0 spiro atoms. The summed E-state index contributed by atoms with van der Waals surface area (Å²) >= 11 is 0. The van der Waals surface area contributed by atoms with Crippen LogP contribution in [0.1, 0.15) is 48.7 Å². The predicted octanol–water partition coefficient (Wildman–Crippen LogP) is 0.411. The van der Waals surface area contributed by atoms with Crippen LogP contribution in [0.15, 0.2) is 6.07 Å². The van der Waals surface area contributed by atoms with Crippen LogP contribution >= 0.6 is 0 Å². The number of nitrogens with two attached hydrogens (primary N) is 1. The van der Waals surface area contributed by atoms with Gasteiger partial charge >= 0.3 is 0 Å². The number of carbonyl (C=O) groups is 5. The van der Waals surface area contributed by atoms with Gasteiger partial charge in [0, 0.05) is 38.8 Å². The molecule has 4 rings (SSSR count). The molecule has 4 N–H and O–H groups in total. The zero-order valence-electron chi connectivity index (χ0n) is 24.9. The first-order valence-corrected chi connectivity index (χ1v) is 14.2. The quantitative estimate of drug-likeness (QED) is 0.373. The third kappa shape index (κ3) is 4.77. The molecule has 2 unspecified atom stereocenters. The number of anilines is 1. The predicted molar refractivity (Wildman–Crippen MR) is 151 cm³/mol. The molecule has 0 saturated heterocycles. The van der Waals surface area contributed by atoms with Gasteiger partial charge in [-0.2, -0.15) is 0 Å². The van der Waals surface area contributed by atoms with Crippen molar-refractivity contribution in [3.63, 3.8) is 0 Å². The Labute approximate surface area is 240 Å². The summed E-state index contributed by atoms with van der Waals surface area (Å²) in [5.41, 5.74) is 4.90. The first-order chi connectivity index (χ1) is 19.1. The number of phenols is 1. The summed E-state index contributed by atoms with van der Waals surface area (Å²) < 4.78 is 0. The minimum atomic E-state index is -2.73. The Morgan fingerprint density at radius 1 is 1.12 bits per heavy atom. The number of nitrogens with zero attached hydrogens (tertiary/aromatic N) is 3. The summed E-state index contributed by atoms with van der Waals surface area (Å²) in [5.74, 6) is -9.96. The van der Waals surface area contributed by atoms with Crippen LogP contribution in [0.3, 0.4) is 0 Å². The summed E-state index contributed by atoms with van der Waals surface area (Å²) in [7, 11) is 6.86. The maximum Gasteiger partial charge on any atom is 0.235 e. The number of benzene rings is 1. The second-order valence-electron chi connectivity index (χ2n) is 12.7. The van der Waals surface area contributed by atoms with Gasteiger partial charge in [-0.3, -0.25) is 33.8 Å². The lowest BCUT2D eigenvalue weighted by Gasteiger charge is -2.52. The smallest absolute Gasteiger partial charge is 0.235 e. The monoisotopic (exact) mass is 570 g/mol. The Balaban J connectivity index is 1.85. The molecule has 1 aromatic rings. The molecule has 6 atom stereocenters. The minimum Gasteiger partial charge on any atom is -0.507 e. The minimum absolute atomic E-state index is 0.0101. The van der Waals surface area contributed by atoms with Gasteiger partial charge in [0.15, 0.2) is 34.7 Å². The lowest BCUT2D eigenvalue weighted by molar-refractivity contribution is -0.181. The van der Waals surface area contributed by atoms with E-state index in [1.54, 1.807) is 20.2 Å². The van der Waals surface area contributed by atoms with Gasteiger partial charge in [0.2, 0.25) is 5.91 Å². The third-order valence-electron chi connectivity index (χ3n) is 9.02. The number of ketones is 4. The van der Waals surface area contributed by atoms with Crippen molar-refractivity contribution >= 4 is 34.7 Å². The molecular weight excluding hydrogens is 528 g/mol. The van der Waals surface area contributed by atoms with Gasteiger partial charge < -0.3 is 20.8 Å². The molecule has 0 aliphatic heterocycles. The lowest BCUT2D eigenvalue weighted by atomic mass is 9.52. The zero-order valence-corrected chi connectivity index (χ0v) is 24.9. The maximum atomic E-state index is 14.0. The van der Waals surface area contributed by atoms with Crippen LogP contribution in [-0.2, 0) is 32.1 Å². The van der Waals surface area contributed by atoms with Gasteiger partial charge in [0.1, 0.15) is 5.75 Å². The number of rotatable bonds is 8. The van der Waals surface area contributed by atoms with Crippen molar-refractivity contribution in [3.8, 4) is 5.75 Å². The number of hydrogen-bond donors (Lipinski definition) is 3. The molecule has 1 amide bonds. The maximum absolute atomic E-state index is 14.0. The van der Waals surface area contributed by atoms with E-state index in [0.29, 0.717) is 18.0 Å². The highest BCUT2D eigenvalue weighted by molar-refractivity contribution is 6.32. The number of aromatic hydroxyl groups is 1. The number of primary amides is 1. The third-order valence-corrected chi connectivity index (χ3v) is 9.02. The van der Waals surface area contributed by atoms with Crippen molar-refractivity contribution in [2.24, 2.45) is 35.3 Å². The highest BCUT2D eigenvalue weighted by Gasteiger charge is 2.69. The number of carbonyl (C=O) groups excluding carboxylic acids is 5. The van der Waals surface area contributed by atoms with Gasteiger partial charge in [-0.05, 0) is 62.5 Å². The molecule has 224 valence electrons. The van der Waals surface area contributed by atoms with Crippen LogP contribution in [-0.4, -0.2) is 102 Å². The zero-order chi connectivity index (χ0) is 30.7. The fourth-order valence-corrected chi connectivity index (χ4v) is 7.47. The number of aliphatic hydroxyl groups is 1. The SMILES string of the molecule is CCN(Cc1cc(O)c2c(c1N(C)C)C[C@H]1C[C@H]3[C@H](N(C)C)C(=O)C(C(N)=O)C(=O)[C@@]3(O)C(=O)C1C2=O)CC(C)C. The van der Waals surface area contributed by atoms with E-state index in [9.17, 15) is 34.2 Å². The van der Waals surface area contributed by atoms with E-state index in [-0.39, 0.29) is 24.2 Å². The number of phenolic OH excluding ortho intramolecular Hbond substituents is 1. The molecule has 0 aromatic heterocycles. The number of hydrogen-bond acceptors (Lipinski definition) is 10. The molecule has 2 fully saturated rings. The van der Waals surface area contributed by atoms with Gasteiger partial charge in [-0.25, -0.2) is 0 Å². The van der Waals surface area contributed by atoms with Gasteiger partial charge in [0.05, 0.1) is 17.5 Å². The standard InChI is InChI=1S/C30H42N4O7/c1-8-34(12-14(2)3)13-16-11-19(35)21-17(23(16)32(4)5)9-15-10-18-24(33(6)7)26(37)22(29(31)40)28(39)30(18,41)27(38)20(15)25(21)36/h11,14-15,18,20,22,24,35,41H,8-10,12-13H2,1-7H3,(H2,31,40)/t15-,18-,20?,22?,24-,30-/m0/s1.